The van der Waals surface area contributed by atoms with Crippen LogP contribution >= 0.6 is 12.4 Å². The number of H-pyrrole nitrogens is 1. The smallest absolute Gasteiger partial charge is 0.184 e. The van der Waals surface area contributed by atoms with Gasteiger partial charge in [0.2, 0.25) is 0 Å². The summed E-state index contributed by atoms with van der Waals surface area (Å²) in [5.41, 5.74) is 6.06. The SMILES string of the molecule is C#CC(C)ON=C1c2ccccc2-c2[nH]c3ccc(OCCN(C)C)cc3c21.Cl. The molecule has 1 aliphatic carbocycles. The van der Waals surface area contributed by atoms with Crippen molar-refractivity contribution in [3.63, 3.8) is 0 Å². The fourth-order valence-corrected chi connectivity index (χ4v) is 3.35. The summed E-state index contributed by atoms with van der Waals surface area (Å²) in [6, 6.07) is 14.3. The van der Waals surface area contributed by atoms with E-state index in [1.54, 1.807) is 6.92 Å². The number of benzene rings is 2. The molecule has 1 aromatic heterocycles. The maximum absolute atomic E-state index is 5.93. The summed E-state index contributed by atoms with van der Waals surface area (Å²) in [6.07, 6.45) is 5.04. The molecule has 0 fully saturated rings. The maximum atomic E-state index is 5.93. The van der Waals surface area contributed by atoms with Gasteiger partial charge in [0.05, 0.1) is 5.69 Å². The minimum atomic E-state index is -0.390. The molecule has 2 aromatic carbocycles. The van der Waals surface area contributed by atoms with Crippen molar-refractivity contribution in [3.8, 4) is 29.4 Å². The van der Waals surface area contributed by atoms with Crippen LogP contribution in [0.5, 0.6) is 5.75 Å². The molecule has 29 heavy (non-hydrogen) atoms. The van der Waals surface area contributed by atoms with Gasteiger partial charge in [-0.25, -0.2) is 0 Å². The van der Waals surface area contributed by atoms with Gasteiger partial charge in [0.1, 0.15) is 18.1 Å². The number of nitrogens with zero attached hydrogens (tertiary/aromatic N) is 2. The highest BCUT2D eigenvalue weighted by Crippen LogP contribution is 2.41. The number of halogens is 1. The van der Waals surface area contributed by atoms with Crippen molar-refractivity contribution in [1.29, 1.82) is 0 Å². The van der Waals surface area contributed by atoms with Gasteiger partial charge in [-0.2, -0.15) is 0 Å². The Bertz CT molecular complexity index is 1100. The van der Waals surface area contributed by atoms with Gasteiger partial charge in [-0.15, -0.1) is 18.8 Å². The lowest BCUT2D eigenvalue weighted by Crippen LogP contribution is -2.19. The van der Waals surface area contributed by atoms with Crippen molar-refractivity contribution in [2.24, 2.45) is 5.16 Å². The van der Waals surface area contributed by atoms with Crippen LogP contribution in [0.1, 0.15) is 18.1 Å². The fourth-order valence-electron chi connectivity index (χ4n) is 3.35. The van der Waals surface area contributed by atoms with E-state index in [0.29, 0.717) is 6.61 Å². The van der Waals surface area contributed by atoms with Gasteiger partial charge >= 0.3 is 0 Å². The molecule has 150 valence electrons. The molecule has 0 amide bonds. The highest BCUT2D eigenvalue weighted by Gasteiger charge is 2.30. The molecule has 0 saturated carbocycles. The van der Waals surface area contributed by atoms with E-state index < -0.39 is 0 Å². The number of hydrogen-bond donors (Lipinski definition) is 1. The van der Waals surface area contributed by atoms with Crippen LogP contribution in [-0.4, -0.2) is 48.9 Å². The van der Waals surface area contributed by atoms with Gasteiger partial charge in [0, 0.05) is 34.1 Å². The average molecular weight is 410 g/mol. The van der Waals surface area contributed by atoms with Crippen LogP contribution in [0.15, 0.2) is 47.6 Å². The van der Waals surface area contributed by atoms with Crippen molar-refractivity contribution < 1.29 is 9.57 Å². The number of aromatic amines is 1. The molecule has 1 unspecified atom stereocenters. The predicted octanol–water partition coefficient (Wildman–Crippen LogP) is 4.30. The quantitative estimate of drug-likeness (QED) is 0.381. The fraction of sp³-hybridized carbons (Fsp3) is 0.261. The van der Waals surface area contributed by atoms with Crippen molar-refractivity contribution in [2.75, 3.05) is 27.2 Å². The molecule has 1 aliphatic rings. The molecule has 0 radical (unpaired) electrons. The zero-order chi connectivity index (χ0) is 19.7. The average Bonchev–Trinajstić information content (AvgIpc) is 3.20. The number of fused-ring (bicyclic) bond motifs is 5. The second-order valence-electron chi connectivity index (χ2n) is 7.13. The molecule has 0 spiro atoms. The normalized spacial score (nSPS) is 14.2. The third-order valence-electron chi connectivity index (χ3n) is 4.80. The third-order valence-corrected chi connectivity index (χ3v) is 4.80. The molecule has 4 rings (SSSR count). The standard InChI is InChI=1S/C23H23N3O2.ClH/c1-5-15(2)28-25-23-18-9-7-6-8-17(18)22-21(23)19-14-16(10-11-20(19)24-22)27-13-12-26(3)4;/h1,6-11,14-15,24H,12-13H2,2-4H3;1H. The summed E-state index contributed by atoms with van der Waals surface area (Å²) in [5.74, 6) is 3.39. The molecular weight excluding hydrogens is 386 g/mol. The molecule has 6 heteroatoms. The van der Waals surface area contributed by atoms with Gasteiger partial charge in [0.15, 0.2) is 6.10 Å². The highest BCUT2D eigenvalue weighted by atomic mass is 35.5. The number of terminal acetylenes is 1. The first-order valence-corrected chi connectivity index (χ1v) is 9.32. The third kappa shape index (κ3) is 3.95. The Morgan fingerprint density at radius 3 is 2.66 bits per heavy atom. The van der Waals surface area contributed by atoms with E-state index in [4.69, 9.17) is 16.0 Å². The molecule has 1 heterocycles. The van der Waals surface area contributed by atoms with Crippen LogP contribution in [0, 0.1) is 12.3 Å². The summed E-state index contributed by atoms with van der Waals surface area (Å²) < 4.78 is 5.93. The van der Waals surface area contributed by atoms with Crippen molar-refractivity contribution in [1.82, 2.24) is 9.88 Å². The first-order valence-electron chi connectivity index (χ1n) is 9.32. The Kier molecular flexibility index (Phi) is 6.17. The van der Waals surface area contributed by atoms with E-state index in [1.807, 2.05) is 38.4 Å². The molecule has 0 saturated heterocycles. The number of oxime groups is 1. The van der Waals surface area contributed by atoms with Crippen LogP contribution < -0.4 is 4.74 Å². The summed E-state index contributed by atoms with van der Waals surface area (Å²) in [4.78, 5) is 11.1. The molecule has 0 bridgehead atoms. The Labute approximate surface area is 177 Å². The van der Waals surface area contributed by atoms with Crippen LogP contribution in [0.4, 0.5) is 0 Å². The lowest BCUT2D eigenvalue weighted by atomic mass is 10.1. The number of nitrogens with one attached hydrogen (secondary N) is 1. The van der Waals surface area contributed by atoms with Gasteiger partial charge in [-0.3, -0.25) is 0 Å². The minimum absolute atomic E-state index is 0. The molecule has 0 aliphatic heterocycles. The number of aromatic nitrogens is 1. The lowest BCUT2D eigenvalue weighted by molar-refractivity contribution is 0.113. The van der Waals surface area contributed by atoms with E-state index in [1.165, 1.54) is 0 Å². The second kappa shape index (κ2) is 8.60. The largest absolute Gasteiger partial charge is 0.492 e. The van der Waals surface area contributed by atoms with Crippen molar-refractivity contribution in [2.45, 2.75) is 13.0 Å². The first-order chi connectivity index (χ1) is 13.6. The van der Waals surface area contributed by atoms with E-state index >= 15 is 0 Å². The Morgan fingerprint density at radius 2 is 1.93 bits per heavy atom. The molecule has 1 atom stereocenters. The maximum Gasteiger partial charge on any atom is 0.184 e. The minimum Gasteiger partial charge on any atom is -0.492 e. The van der Waals surface area contributed by atoms with Crippen LogP contribution in [0.2, 0.25) is 0 Å². The topological polar surface area (TPSA) is 49.9 Å². The van der Waals surface area contributed by atoms with E-state index in [2.05, 4.69) is 39.2 Å². The molecule has 5 nitrogen and oxygen atoms in total. The number of hydrogen-bond acceptors (Lipinski definition) is 4. The number of likely N-dealkylation sites (N-methyl/N-ethyl adjacent to an activating group) is 1. The second-order valence-corrected chi connectivity index (χ2v) is 7.13. The summed E-state index contributed by atoms with van der Waals surface area (Å²) in [6.45, 7) is 3.30. The van der Waals surface area contributed by atoms with Gasteiger partial charge < -0.3 is 19.5 Å². The lowest BCUT2D eigenvalue weighted by Gasteiger charge is -2.11. The highest BCUT2D eigenvalue weighted by molar-refractivity contribution is 6.29. The summed E-state index contributed by atoms with van der Waals surface area (Å²) >= 11 is 0. The van der Waals surface area contributed by atoms with E-state index in [9.17, 15) is 0 Å². The van der Waals surface area contributed by atoms with Crippen molar-refractivity contribution in [3.05, 3.63) is 53.6 Å². The molecule has 3 aromatic rings. The zero-order valence-electron chi connectivity index (χ0n) is 16.7. The number of rotatable bonds is 6. The van der Waals surface area contributed by atoms with E-state index in [0.717, 1.165) is 51.3 Å². The summed E-state index contributed by atoms with van der Waals surface area (Å²) in [7, 11) is 4.06. The number of ether oxygens (including phenoxy) is 1. The Morgan fingerprint density at radius 1 is 1.17 bits per heavy atom. The van der Waals surface area contributed by atoms with Gasteiger partial charge in [0.25, 0.3) is 0 Å². The van der Waals surface area contributed by atoms with Crippen LogP contribution in [0.3, 0.4) is 0 Å². The van der Waals surface area contributed by atoms with E-state index in [-0.39, 0.29) is 18.5 Å². The molecular formula is C23H24ClN3O2. The zero-order valence-corrected chi connectivity index (χ0v) is 17.5. The Balaban J connectivity index is 0.00000240. The van der Waals surface area contributed by atoms with Crippen molar-refractivity contribution >= 4 is 29.0 Å². The summed E-state index contributed by atoms with van der Waals surface area (Å²) in [5, 5.41) is 5.48. The monoisotopic (exact) mass is 409 g/mol. The van der Waals surface area contributed by atoms with Gasteiger partial charge in [-0.1, -0.05) is 35.3 Å². The first kappa shape index (κ1) is 20.8. The van der Waals surface area contributed by atoms with Crippen LogP contribution in [-0.2, 0) is 4.84 Å². The van der Waals surface area contributed by atoms with Gasteiger partial charge in [-0.05, 0) is 39.2 Å². The molecule has 1 N–H and O–H groups in total. The predicted molar refractivity (Wildman–Crippen MR) is 120 cm³/mol. The van der Waals surface area contributed by atoms with Crippen LogP contribution in [0.25, 0.3) is 22.2 Å². The Hall–Kier alpha value is -2.94.